The monoisotopic (exact) mass is 461 g/mol. The molecule has 0 radical (unpaired) electrons. The van der Waals surface area contributed by atoms with Crippen molar-refractivity contribution in [1.29, 1.82) is 0 Å². The van der Waals surface area contributed by atoms with Gasteiger partial charge in [-0.25, -0.2) is 23.5 Å². The van der Waals surface area contributed by atoms with Crippen molar-refractivity contribution >= 4 is 35.8 Å². The minimum Gasteiger partial charge on any atom is -0.480 e. The van der Waals surface area contributed by atoms with Gasteiger partial charge >= 0.3 is 5.97 Å². The highest BCUT2D eigenvalue weighted by atomic mass is 35.5. The second-order valence-electron chi connectivity index (χ2n) is 7.21. The minimum absolute atomic E-state index is 0. The average Bonchev–Trinajstić information content (AvgIpc) is 3.09. The van der Waals surface area contributed by atoms with Gasteiger partial charge in [-0.15, -0.1) is 12.4 Å². The highest BCUT2D eigenvalue weighted by Crippen LogP contribution is 2.31. The summed E-state index contributed by atoms with van der Waals surface area (Å²) in [4.78, 5) is 32.0. The molecule has 1 aromatic heterocycles. The molecule has 32 heavy (non-hydrogen) atoms. The summed E-state index contributed by atoms with van der Waals surface area (Å²) >= 11 is 0. The summed E-state index contributed by atoms with van der Waals surface area (Å²) in [5.74, 6) is -3.40. The molecular formula is C21H18ClF2N5O3. The zero-order valence-corrected chi connectivity index (χ0v) is 17.5. The van der Waals surface area contributed by atoms with Crippen LogP contribution in [0.3, 0.4) is 0 Å². The van der Waals surface area contributed by atoms with Crippen LogP contribution in [-0.4, -0.2) is 27.0 Å². The lowest BCUT2D eigenvalue weighted by Gasteiger charge is -2.20. The zero-order valence-electron chi connectivity index (χ0n) is 16.6. The third-order valence-corrected chi connectivity index (χ3v) is 5.01. The molecule has 11 heteroatoms. The van der Waals surface area contributed by atoms with E-state index in [1.807, 2.05) is 0 Å². The van der Waals surface area contributed by atoms with Gasteiger partial charge in [-0.2, -0.15) is 0 Å². The SMILES string of the molecule is CC(N)(C(=O)O)c1ccc(Nc2nc(-c3c(F)cccc3F)nc3c2C(=O)NC3)cc1.Cl. The van der Waals surface area contributed by atoms with Crippen molar-refractivity contribution < 1.29 is 23.5 Å². The van der Waals surface area contributed by atoms with E-state index in [2.05, 4.69) is 20.6 Å². The molecule has 5 N–H and O–H groups in total. The van der Waals surface area contributed by atoms with Gasteiger partial charge in [-0.1, -0.05) is 18.2 Å². The van der Waals surface area contributed by atoms with E-state index in [0.717, 1.165) is 12.1 Å². The second kappa shape index (κ2) is 8.48. The number of aromatic nitrogens is 2. The summed E-state index contributed by atoms with van der Waals surface area (Å²) in [5, 5.41) is 14.8. The number of carboxylic acid groups (broad SMARTS) is 1. The van der Waals surface area contributed by atoms with Crippen LogP contribution in [0.4, 0.5) is 20.3 Å². The number of rotatable bonds is 5. The third kappa shape index (κ3) is 3.97. The predicted octanol–water partition coefficient (Wildman–Crippen LogP) is 3.09. The number of carbonyl (C=O) groups excluding carboxylic acids is 1. The van der Waals surface area contributed by atoms with Crippen molar-refractivity contribution in [1.82, 2.24) is 15.3 Å². The number of nitrogens with two attached hydrogens (primary N) is 1. The van der Waals surface area contributed by atoms with Crippen LogP contribution in [0, 0.1) is 11.6 Å². The zero-order chi connectivity index (χ0) is 22.3. The maximum absolute atomic E-state index is 14.3. The number of amides is 1. The van der Waals surface area contributed by atoms with Crippen LogP contribution in [-0.2, 0) is 16.9 Å². The van der Waals surface area contributed by atoms with E-state index in [-0.39, 0.29) is 36.2 Å². The summed E-state index contributed by atoms with van der Waals surface area (Å²) in [7, 11) is 0. The molecular weight excluding hydrogens is 444 g/mol. The fourth-order valence-electron chi connectivity index (χ4n) is 3.20. The molecule has 1 atom stereocenters. The average molecular weight is 462 g/mol. The van der Waals surface area contributed by atoms with E-state index < -0.39 is 34.6 Å². The highest BCUT2D eigenvalue weighted by molar-refractivity contribution is 6.03. The number of halogens is 3. The van der Waals surface area contributed by atoms with Gasteiger partial charge in [0.15, 0.2) is 5.82 Å². The fraction of sp³-hybridized carbons (Fsp3) is 0.143. The number of benzene rings is 2. The Labute approximate surface area is 187 Å². The lowest BCUT2D eigenvalue weighted by atomic mass is 9.93. The van der Waals surface area contributed by atoms with Crippen molar-refractivity contribution in [3.8, 4) is 11.4 Å². The highest BCUT2D eigenvalue weighted by Gasteiger charge is 2.31. The van der Waals surface area contributed by atoms with Gasteiger partial charge in [0.25, 0.3) is 5.91 Å². The van der Waals surface area contributed by atoms with E-state index in [0.29, 0.717) is 16.9 Å². The van der Waals surface area contributed by atoms with Gasteiger partial charge in [0.2, 0.25) is 0 Å². The van der Waals surface area contributed by atoms with Crippen molar-refractivity contribution in [3.63, 3.8) is 0 Å². The molecule has 0 aliphatic carbocycles. The summed E-state index contributed by atoms with van der Waals surface area (Å²) in [6.45, 7) is 1.46. The Hall–Kier alpha value is -3.63. The largest absolute Gasteiger partial charge is 0.480 e. The molecule has 8 nitrogen and oxygen atoms in total. The van der Waals surface area contributed by atoms with E-state index in [9.17, 15) is 23.5 Å². The minimum atomic E-state index is -1.58. The second-order valence-corrected chi connectivity index (χ2v) is 7.21. The number of hydrogen-bond acceptors (Lipinski definition) is 6. The first-order chi connectivity index (χ1) is 14.7. The Kier molecular flexibility index (Phi) is 6.11. The molecule has 2 aromatic carbocycles. The van der Waals surface area contributed by atoms with Gasteiger partial charge in [0.1, 0.15) is 28.6 Å². The Balaban J connectivity index is 0.00000289. The summed E-state index contributed by atoms with van der Waals surface area (Å²) in [6, 6.07) is 9.59. The first-order valence-electron chi connectivity index (χ1n) is 9.22. The number of nitrogens with zero attached hydrogens (tertiary/aromatic N) is 2. The fourth-order valence-corrected chi connectivity index (χ4v) is 3.20. The maximum Gasteiger partial charge on any atom is 0.328 e. The smallest absolute Gasteiger partial charge is 0.328 e. The number of hydrogen-bond donors (Lipinski definition) is 4. The van der Waals surface area contributed by atoms with Crippen LogP contribution in [0.2, 0.25) is 0 Å². The summed E-state index contributed by atoms with van der Waals surface area (Å²) < 4.78 is 28.5. The predicted molar refractivity (Wildman–Crippen MR) is 115 cm³/mol. The van der Waals surface area contributed by atoms with Crippen LogP contribution in [0.1, 0.15) is 28.5 Å². The summed E-state index contributed by atoms with van der Waals surface area (Å²) in [6.07, 6.45) is 0. The molecule has 0 fully saturated rings. The number of fused-ring (bicyclic) bond motifs is 1. The van der Waals surface area contributed by atoms with Crippen molar-refractivity contribution in [2.75, 3.05) is 5.32 Å². The molecule has 0 spiro atoms. The number of aliphatic carboxylic acids is 1. The maximum atomic E-state index is 14.3. The number of carboxylic acids is 1. The van der Waals surface area contributed by atoms with Crippen LogP contribution in [0.15, 0.2) is 42.5 Å². The van der Waals surface area contributed by atoms with Crippen LogP contribution < -0.4 is 16.4 Å². The van der Waals surface area contributed by atoms with Crippen LogP contribution >= 0.6 is 12.4 Å². The molecule has 166 valence electrons. The first kappa shape index (κ1) is 23.0. The molecule has 0 saturated carbocycles. The Morgan fingerprint density at radius 3 is 2.34 bits per heavy atom. The van der Waals surface area contributed by atoms with Gasteiger partial charge in [0.05, 0.1) is 17.8 Å². The van der Waals surface area contributed by atoms with Crippen molar-refractivity contribution in [2.24, 2.45) is 5.73 Å². The lowest BCUT2D eigenvalue weighted by molar-refractivity contribution is -0.143. The van der Waals surface area contributed by atoms with E-state index in [1.54, 1.807) is 12.1 Å². The normalized spacial score (nSPS) is 14.1. The quantitative estimate of drug-likeness (QED) is 0.459. The molecule has 3 aromatic rings. The van der Waals surface area contributed by atoms with Crippen molar-refractivity contribution in [2.45, 2.75) is 19.0 Å². The number of carbonyl (C=O) groups is 2. The van der Waals surface area contributed by atoms with E-state index >= 15 is 0 Å². The topological polar surface area (TPSA) is 130 Å². The number of nitrogens with one attached hydrogen (secondary N) is 2. The molecule has 1 amide bonds. The van der Waals surface area contributed by atoms with Crippen LogP contribution in [0.5, 0.6) is 0 Å². The van der Waals surface area contributed by atoms with Crippen molar-refractivity contribution in [3.05, 3.63) is 70.9 Å². The van der Waals surface area contributed by atoms with Crippen LogP contribution in [0.25, 0.3) is 11.4 Å². The Morgan fingerprint density at radius 1 is 1.12 bits per heavy atom. The third-order valence-electron chi connectivity index (χ3n) is 5.01. The lowest BCUT2D eigenvalue weighted by Crippen LogP contribution is -2.41. The molecule has 0 bridgehead atoms. The van der Waals surface area contributed by atoms with Gasteiger partial charge in [-0.3, -0.25) is 4.79 Å². The van der Waals surface area contributed by atoms with Gasteiger partial charge in [-0.05, 0) is 36.8 Å². The molecule has 2 heterocycles. The Bertz CT molecular complexity index is 1200. The molecule has 0 saturated heterocycles. The molecule has 4 rings (SSSR count). The molecule has 1 aliphatic rings. The Morgan fingerprint density at radius 2 is 1.75 bits per heavy atom. The standard InChI is InChI=1S/C21H17F2N5O3.ClH/c1-21(24,20(30)31)10-5-7-11(8-6-10)26-18-16-14(9-25-19(16)29)27-17(28-18)15-12(22)3-2-4-13(15)23;/h2-8H,9,24H2,1H3,(H,25,29)(H,30,31)(H,26,27,28);1H. The molecule has 1 aliphatic heterocycles. The first-order valence-corrected chi connectivity index (χ1v) is 9.22. The van der Waals surface area contributed by atoms with Gasteiger partial charge < -0.3 is 21.5 Å². The number of anilines is 2. The van der Waals surface area contributed by atoms with E-state index in [4.69, 9.17) is 5.73 Å². The van der Waals surface area contributed by atoms with Gasteiger partial charge in [0, 0.05) is 5.69 Å². The molecule has 1 unspecified atom stereocenters. The van der Waals surface area contributed by atoms with E-state index in [1.165, 1.54) is 25.1 Å². The summed E-state index contributed by atoms with van der Waals surface area (Å²) in [5.41, 5.74) is 5.14.